The van der Waals surface area contributed by atoms with E-state index in [0.29, 0.717) is 30.3 Å². The van der Waals surface area contributed by atoms with Crippen molar-refractivity contribution in [1.82, 2.24) is 20.4 Å². The maximum Gasteiger partial charge on any atom is 0.319 e. The number of likely N-dealkylation sites (tertiary alicyclic amines) is 1. The highest BCUT2D eigenvalue weighted by atomic mass is 16.5. The van der Waals surface area contributed by atoms with E-state index >= 15 is 0 Å². The molecule has 29 heavy (non-hydrogen) atoms. The minimum atomic E-state index is -0.164. The monoisotopic (exact) mass is 399 g/mol. The summed E-state index contributed by atoms with van der Waals surface area (Å²) in [6.07, 6.45) is 5.37. The quantitative estimate of drug-likeness (QED) is 0.776. The third kappa shape index (κ3) is 4.59. The molecule has 8 nitrogen and oxygen atoms in total. The first-order valence-corrected chi connectivity index (χ1v) is 10.4. The SMILES string of the molecule is CCc1nnc(-c2ccc(NC(=O)N[C@@H]3CCC[C@@H]3N3CCC(OC)C3)cc2)o1. The van der Waals surface area contributed by atoms with Crippen molar-refractivity contribution >= 4 is 11.7 Å². The highest BCUT2D eigenvalue weighted by Crippen LogP contribution is 2.28. The second kappa shape index (κ2) is 8.92. The van der Waals surface area contributed by atoms with Crippen molar-refractivity contribution in [2.75, 3.05) is 25.5 Å². The molecule has 1 saturated carbocycles. The number of hydrogen-bond donors (Lipinski definition) is 2. The number of ether oxygens (including phenoxy) is 1. The molecule has 8 heteroatoms. The highest BCUT2D eigenvalue weighted by Gasteiger charge is 2.36. The van der Waals surface area contributed by atoms with Gasteiger partial charge >= 0.3 is 6.03 Å². The smallest absolute Gasteiger partial charge is 0.319 e. The van der Waals surface area contributed by atoms with Gasteiger partial charge in [-0.2, -0.15) is 0 Å². The van der Waals surface area contributed by atoms with Crippen LogP contribution in [0.1, 0.15) is 38.5 Å². The Morgan fingerprint density at radius 1 is 1.24 bits per heavy atom. The molecule has 0 bridgehead atoms. The summed E-state index contributed by atoms with van der Waals surface area (Å²) in [5, 5.41) is 14.1. The van der Waals surface area contributed by atoms with E-state index in [4.69, 9.17) is 9.15 Å². The van der Waals surface area contributed by atoms with Crippen LogP contribution in [0.25, 0.3) is 11.5 Å². The number of methoxy groups -OCH3 is 1. The summed E-state index contributed by atoms with van der Waals surface area (Å²) in [5.41, 5.74) is 1.57. The average Bonchev–Trinajstić information content (AvgIpc) is 3.48. The predicted molar refractivity (Wildman–Crippen MR) is 110 cm³/mol. The van der Waals surface area contributed by atoms with Crippen LogP contribution in [-0.2, 0) is 11.2 Å². The van der Waals surface area contributed by atoms with Gasteiger partial charge in [0, 0.05) is 50.0 Å². The third-order valence-electron chi connectivity index (χ3n) is 5.93. The van der Waals surface area contributed by atoms with Crippen molar-refractivity contribution in [1.29, 1.82) is 0 Å². The van der Waals surface area contributed by atoms with Gasteiger partial charge in [-0.15, -0.1) is 10.2 Å². The lowest BCUT2D eigenvalue weighted by atomic mass is 10.1. The molecule has 2 fully saturated rings. The van der Waals surface area contributed by atoms with E-state index in [1.807, 2.05) is 31.2 Å². The number of aromatic nitrogens is 2. The maximum absolute atomic E-state index is 12.5. The van der Waals surface area contributed by atoms with Crippen LogP contribution in [0, 0.1) is 0 Å². The van der Waals surface area contributed by atoms with Crippen molar-refractivity contribution in [3.63, 3.8) is 0 Å². The summed E-state index contributed by atoms with van der Waals surface area (Å²) < 4.78 is 11.1. The van der Waals surface area contributed by atoms with E-state index in [9.17, 15) is 4.79 Å². The lowest BCUT2D eigenvalue weighted by molar-refractivity contribution is 0.0985. The number of nitrogens with one attached hydrogen (secondary N) is 2. The zero-order valence-corrected chi connectivity index (χ0v) is 17.1. The molecular weight excluding hydrogens is 370 g/mol. The Bertz CT molecular complexity index is 822. The predicted octanol–water partition coefficient (Wildman–Crippen LogP) is 3.06. The number of nitrogens with zero attached hydrogens (tertiary/aromatic N) is 3. The van der Waals surface area contributed by atoms with Crippen molar-refractivity contribution in [2.24, 2.45) is 0 Å². The van der Waals surface area contributed by atoms with Crippen LogP contribution in [0.15, 0.2) is 28.7 Å². The molecule has 0 radical (unpaired) electrons. The molecule has 2 aromatic rings. The first-order valence-electron chi connectivity index (χ1n) is 10.4. The number of amides is 2. The van der Waals surface area contributed by atoms with E-state index in [-0.39, 0.29) is 12.1 Å². The molecule has 1 aliphatic heterocycles. The molecule has 2 aliphatic rings. The summed E-state index contributed by atoms with van der Waals surface area (Å²) in [6.45, 7) is 3.97. The van der Waals surface area contributed by atoms with Gasteiger partial charge in [-0.1, -0.05) is 6.92 Å². The number of carbonyl (C=O) groups excluding carboxylic acids is 1. The summed E-state index contributed by atoms with van der Waals surface area (Å²) in [6, 6.07) is 7.85. The van der Waals surface area contributed by atoms with E-state index in [1.54, 1.807) is 7.11 Å². The molecule has 2 amide bonds. The second-order valence-electron chi connectivity index (χ2n) is 7.78. The standard InChI is InChI=1S/C21H29N5O3/c1-3-19-24-25-20(29-19)14-7-9-15(10-8-14)22-21(27)23-17-5-4-6-18(17)26-12-11-16(13-26)28-2/h7-10,16-18H,3-6,11-13H2,1-2H3,(H2,22,23,27)/t16?,17-,18+/m1/s1. The Hall–Kier alpha value is -2.45. The van der Waals surface area contributed by atoms with Crippen LogP contribution in [0.5, 0.6) is 0 Å². The molecule has 1 saturated heterocycles. The average molecular weight is 399 g/mol. The topological polar surface area (TPSA) is 92.5 Å². The number of rotatable bonds is 6. The van der Waals surface area contributed by atoms with Gasteiger partial charge in [0.1, 0.15) is 0 Å². The summed E-state index contributed by atoms with van der Waals surface area (Å²) in [7, 11) is 1.78. The normalized spacial score (nSPS) is 24.7. The second-order valence-corrected chi connectivity index (χ2v) is 7.78. The first-order chi connectivity index (χ1) is 14.2. The van der Waals surface area contributed by atoms with Crippen LogP contribution < -0.4 is 10.6 Å². The van der Waals surface area contributed by atoms with Crippen molar-refractivity contribution < 1.29 is 13.9 Å². The maximum atomic E-state index is 12.5. The lowest BCUT2D eigenvalue weighted by Gasteiger charge is -2.30. The molecule has 1 aromatic heterocycles. The van der Waals surface area contributed by atoms with Gasteiger partial charge in [-0.3, -0.25) is 4.90 Å². The van der Waals surface area contributed by atoms with Crippen LogP contribution in [0.3, 0.4) is 0 Å². The molecule has 156 valence electrons. The van der Waals surface area contributed by atoms with Gasteiger partial charge in [-0.05, 0) is 49.9 Å². The van der Waals surface area contributed by atoms with Gasteiger partial charge < -0.3 is 19.8 Å². The number of urea groups is 1. The molecule has 3 atom stereocenters. The molecule has 4 rings (SSSR count). The van der Waals surface area contributed by atoms with Gasteiger partial charge in [0.25, 0.3) is 0 Å². The van der Waals surface area contributed by atoms with E-state index < -0.39 is 0 Å². The van der Waals surface area contributed by atoms with E-state index in [1.165, 1.54) is 0 Å². The zero-order valence-electron chi connectivity index (χ0n) is 17.1. The van der Waals surface area contributed by atoms with E-state index in [2.05, 4.69) is 25.7 Å². The fraction of sp³-hybridized carbons (Fsp3) is 0.571. The zero-order chi connectivity index (χ0) is 20.2. The number of anilines is 1. The van der Waals surface area contributed by atoms with Gasteiger partial charge in [0.2, 0.25) is 11.8 Å². The van der Waals surface area contributed by atoms with Crippen LogP contribution >= 0.6 is 0 Å². The van der Waals surface area contributed by atoms with E-state index in [0.717, 1.165) is 50.0 Å². The number of carbonyl (C=O) groups is 1. The molecular formula is C21H29N5O3. The molecule has 2 heterocycles. The summed E-state index contributed by atoms with van der Waals surface area (Å²) >= 11 is 0. The van der Waals surface area contributed by atoms with Crippen LogP contribution in [-0.4, -0.2) is 59.5 Å². The Morgan fingerprint density at radius 2 is 2.07 bits per heavy atom. The van der Waals surface area contributed by atoms with Crippen LogP contribution in [0.4, 0.5) is 10.5 Å². The minimum Gasteiger partial charge on any atom is -0.421 e. The Balaban J connectivity index is 1.32. The molecule has 1 unspecified atom stereocenters. The number of aryl methyl sites for hydroxylation is 1. The van der Waals surface area contributed by atoms with Crippen molar-refractivity contribution in [3.8, 4) is 11.5 Å². The van der Waals surface area contributed by atoms with Crippen LogP contribution in [0.2, 0.25) is 0 Å². The number of hydrogen-bond acceptors (Lipinski definition) is 6. The fourth-order valence-electron chi connectivity index (χ4n) is 4.34. The summed E-state index contributed by atoms with van der Waals surface area (Å²) in [5.74, 6) is 1.11. The fourth-order valence-corrected chi connectivity index (χ4v) is 4.34. The lowest BCUT2D eigenvalue weighted by Crippen LogP contribution is -2.49. The number of benzene rings is 1. The Kier molecular flexibility index (Phi) is 6.10. The molecule has 0 spiro atoms. The first kappa shape index (κ1) is 19.8. The van der Waals surface area contributed by atoms with Crippen molar-refractivity contribution in [3.05, 3.63) is 30.2 Å². The minimum absolute atomic E-state index is 0.164. The van der Waals surface area contributed by atoms with Crippen molar-refractivity contribution in [2.45, 2.75) is 57.2 Å². The highest BCUT2D eigenvalue weighted by molar-refractivity contribution is 5.89. The van der Waals surface area contributed by atoms with Gasteiger partial charge in [0.15, 0.2) is 0 Å². The van der Waals surface area contributed by atoms with Gasteiger partial charge in [-0.25, -0.2) is 4.79 Å². The summed E-state index contributed by atoms with van der Waals surface area (Å²) in [4.78, 5) is 15.0. The molecule has 1 aromatic carbocycles. The van der Waals surface area contributed by atoms with Gasteiger partial charge in [0.05, 0.1) is 6.10 Å². The molecule has 1 aliphatic carbocycles. The largest absolute Gasteiger partial charge is 0.421 e. The molecule has 2 N–H and O–H groups in total. The Labute approximate surface area is 171 Å². The third-order valence-corrected chi connectivity index (χ3v) is 5.93. The Morgan fingerprint density at radius 3 is 2.76 bits per heavy atom.